The van der Waals surface area contributed by atoms with Gasteiger partial charge in [-0.25, -0.2) is 4.98 Å². The predicted octanol–water partition coefficient (Wildman–Crippen LogP) is 0.332. The van der Waals surface area contributed by atoms with Crippen LogP contribution in [0.4, 0.5) is 0 Å². The molecule has 2 unspecified atom stereocenters. The number of amides is 1. The third-order valence-electron chi connectivity index (χ3n) is 3.95. The number of hydrogen-bond donors (Lipinski definition) is 2. The summed E-state index contributed by atoms with van der Waals surface area (Å²) in [5, 5.41) is 12.4. The number of aliphatic carboxylic acids is 1. The lowest BCUT2D eigenvalue weighted by Gasteiger charge is -2.17. The van der Waals surface area contributed by atoms with E-state index in [1.54, 1.807) is 0 Å². The zero-order valence-corrected chi connectivity index (χ0v) is 12.1. The smallest absolute Gasteiger partial charge is 0.308 e. The number of nitrogens with one attached hydrogen (secondary N) is 1. The van der Waals surface area contributed by atoms with Gasteiger partial charge in [-0.05, 0) is 12.8 Å². The van der Waals surface area contributed by atoms with Crippen LogP contribution in [0.25, 0.3) is 0 Å². The molecule has 7 nitrogen and oxygen atoms in total. The quantitative estimate of drug-likeness (QED) is 0.780. The summed E-state index contributed by atoms with van der Waals surface area (Å²) in [5.41, 5.74) is -0.371. The number of rotatable bonds is 3. The fourth-order valence-corrected chi connectivity index (χ4v) is 3.76. The van der Waals surface area contributed by atoms with Crippen molar-refractivity contribution in [2.45, 2.75) is 37.0 Å². The Hall–Kier alpha value is -1.83. The van der Waals surface area contributed by atoms with Crippen LogP contribution in [0.15, 0.2) is 16.1 Å². The first-order valence-corrected chi connectivity index (χ1v) is 7.83. The van der Waals surface area contributed by atoms with Crippen molar-refractivity contribution in [3.05, 3.63) is 22.1 Å². The first-order chi connectivity index (χ1) is 10.1. The van der Waals surface area contributed by atoms with Crippen molar-refractivity contribution in [3.63, 3.8) is 0 Å². The average molecular weight is 309 g/mol. The van der Waals surface area contributed by atoms with Crippen molar-refractivity contribution in [1.82, 2.24) is 14.9 Å². The fraction of sp³-hybridized carbons (Fsp3) is 0.538. The van der Waals surface area contributed by atoms with Crippen LogP contribution >= 0.6 is 11.8 Å². The van der Waals surface area contributed by atoms with Crippen LogP contribution in [0, 0.1) is 5.92 Å². The van der Waals surface area contributed by atoms with Gasteiger partial charge >= 0.3 is 5.97 Å². The molecule has 2 heterocycles. The van der Waals surface area contributed by atoms with E-state index in [0.717, 1.165) is 12.2 Å². The molecule has 0 bridgehead atoms. The molecule has 2 atom stereocenters. The highest BCUT2D eigenvalue weighted by atomic mass is 32.2. The fourth-order valence-electron chi connectivity index (χ4n) is 2.85. The van der Waals surface area contributed by atoms with Gasteiger partial charge in [-0.15, -0.1) is 0 Å². The second kappa shape index (κ2) is 5.51. The van der Waals surface area contributed by atoms with E-state index in [4.69, 9.17) is 5.11 Å². The summed E-state index contributed by atoms with van der Waals surface area (Å²) in [6.07, 6.45) is 3.23. The van der Waals surface area contributed by atoms with Gasteiger partial charge in [0.15, 0.2) is 5.16 Å². The number of carboxylic acids is 1. The first kappa shape index (κ1) is 14.1. The number of thioether (sulfide) groups is 1. The van der Waals surface area contributed by atoms with E-state index in [9.17, 15) is 14.4 Å². The Morgan fingerprint density at radius 1 is 1.43 bits per heavy atom. The van der Waals surface area contributed by atoms with Crippen molar-refractivity contribution in [3.8, 4) is 0 Å². The van der Waals surface area contributed by atoms with Crippen molar-refractivity contribution in [1.29, 1.82) is 0 Å². The molecule has 1 aliphatic carbocycles. The largest absolute Gasteiger partial charge is 0.481 e. The lowest BCUT2D eigenvalue weighted by atomic mass is 10.0. The van der Waals surface area contributed by atoms with E-state index in [1.807, 2.05) is 0 Å². The van der Waals surface area contributed by atoms with E-state index in [-0.39, 0.29) is 11.1 Å². The summed E-state index contributed by atoms with van der Waals surface area (Å²) < 4.78 is 1.49. The molecule has 1 aromatic heterocycles. The Kier molecular flexibility index (Phi) is 3.71. The topological polar surface area (TPSA) is 101 Å². The van der Waals surface area contributed by atoms with Crippen molar-refractivity contribution in [2.75, 3.05) is 5.75 Å². The van der Waals surface area contributed by atoms with Gasteiger partial charge in [0.1, 0.15) is 5.56 Å². The monoisotopic (exact) mass is 309 g/mol. The van der Waals surface area contributed by atoms with Crippen LogP contribution < -0.4 is 10.9 Å². The van der Waals surface area contributed by atoms with Gasteiger partial charge in [0.25, 0.3) is 11.5 Å². The Morgan fingerprint density at radius 3 is 3.00 bits per heavy atom. The number of carbonyl (C=O) groups excluding carboxylic acids is 1. The number of nitrogens with zero attached hydrogens (tertiary/aromatic N) is 2. The van der Waals surface area contributed by atoms with Crippen LogP contribution in [-0.2, 0) is 11.3 Å². The molecule has 0 saturated heterocycles. The zero-order valence-electron chi connectivity index (χ0n) is 11.2. The van der Waals surface area contributed by atoms with E-state index in [2.05, 4.69) is 10.3 Å². The van der Waals surface area contributed by atoms with Gasteiger partial charge in [0, 0.05) is 24.5 Å². The van der Waals surface area contributed by atoms with E-state index < -0.39 is 23.8 Å². The highest BCUT2D eigenvalue weighted by Gasteiger charge is 2.34. The molecular formula is C13H15N3O4S. The minimum absolute atomic E-state index is 0.0164. The van der Waals surface area contributed by atoms with Gasteiger partial charge in [-0.3, -0.25) is 19.0 Å². The average Bonchev–Trinajstić information content (AvgIpc) is 3.07. The molecule has 1 amide bonds. The summed E-state index contributed by atoms with van der Waals surface area (Å²) in [4.78, 5) is 39.7. The maximum absolute atomic E-state index is 12.2. The Bertz CT molecular complexity index is 657. The molecule has 0 spiro atoms. The lowest BCUT2D eigenvalue weighted by Crippen LogP contribution is -2.42. The minimum Gasteiger partial charge on any atom is -0.481 e. The van der Waals surface area contributed by atoms with Gasteiger partial charge in [0.05, 0.1) is 5.92 Å². The van der Waals surface area contributed by atoms with Gasteiger partial charge in [-0.1, -0.05) is 18.2 Å². The van der Waals surface area contributed by atoms with Crippen LogP contribution in [0.1, 0.15) is 29.6 Å². The molecule has 1 aromatic rings. The Labute approximate surface area is 124 Å². The van der Waals surface area contributed by atoms with E-state index in [1.165, 1.54) is 22.5 Å². The maximum Gasteiger partial charge on any atom is 0.308 e. The summed E-state index contributed by atoms with van der Waals surface area (Å²) in [6.45, 7) is 0.550. The molecule has 3 rings (SSSR count). The van der Waals surface area contributed by atoms with Gasteiger partial charge in [0.2, 0.25) is 0 Å². The van der Waals surface area contributed by atoms with Crippen LogP contribution in [0.2, 0.25) is 0 Å². The van der Waals surface area contributed by atoms with E-state index in [0.29, 0.717) is 24.5 Å². The maximum atomic E-state index is 12.2. The molecule has 0 radical (unpaired) electrons. The first-order valence-electron chi connectivity index (χ1n) is 6.84. The zero-order chi connectivity index (χ0) is 15.0. The second-order valence-electron chi connectivity index (χ2n) is 5.22. The van der Waals surface area contributed by atoms with Crippen molar-refractivity contribution < 1.29 is 14.7 Å². The molecular weight excluding hydrogens is 294 g/mol. The number of aromatic nitrogens is 2. The second-order valence-corrected chi connectivity index (χ2v) is 6.28. The molecule has 1 aliphatic heterocycles. The molecule has 1 saturated carbocycles. The number of fused-ring (bicyclic) bond motifs is 1. The SMILES string of the molecule is O=C(NC1CCCC1C(=O)O)c1cnc2n(c1=O)CCS2. The number of carbonyl (C=O) groups is 2. The number of carboxylic acid groups (broad SMARTS) is 1. The summed E-state index contributed by atoms with van der Waals surface area (Å²) >= 11 is 1.48. The third kappa shape index (κ3) is 2.55. The Balaban J connectivity index is 1.80. The molecule has 0 aromatic carbocycles. The van der Waals surface area contributed by atoms with Gasteiger partial charge < -0.3 is 10.4 Å². The van der Waals surface area contributed by atoms with Gasteiger partial charge in [-0.2, -0.15) is 0 Å². The normalized spacial score (nSPS) is 23.8. The standard InChI is InChI=1S/C13H15N3O4S/c17-10(15-9-3-1-2-7(9)12(19)20)8-6-14-13-16(11(8)18)4-5-21-13/h6-7,9H,1-5H2,(H,15,17)(H,19,20). The molecule has 2 N–H and O–H groups in total. The van der Waals surface area contributed by atoms with Crippen LogP contribution in [0.5, 0.6) is 0 Å². The molecule has 112 valence electrons. The van der Waals surface area contributed by atoms with Crippen molar-refractivity contribution in [2.24, 2.45) is 5.92 Å². The summed E-state index contributed by atoms with van der Waals surface area (Å²) in [7, 11) is 0. The highest BCUT2D eigenvalue weighted by molar-refractivity contribution is 7.99. The third-order valence-corrected chi connectivity index (χ3v) is 4.92. The molecule has 1 fully saturated rings. The minimum atomic E-state index is -0.905. The summed E-state index contributed by atoms with van der Waals surface area (Å²) in [5.74, 6) is -1.23. The van der Waals surface area contributed by atoms with Crippen LogP contribution in [0.3, 0.4) is 0 Å². The predicted molar refractivity (Wildman–Crippen MR) is 75.5 cm³/mol. The molecule has 21 heavy (non-hydrogen) atoms. The summed E-state index contributed by atoms with van der Waals surface area (Å²) in [6, 6.07) is -0.415. The highest BCUT2D eigenvalue weighted by Crippen LogP contribution is 2.26. The number of hydrogen-bond acceptors (Lipinski definition) is 5. The van der Waals surface area contributed by atoms with Crippen LogP contribution in [-0.4, -0.2) is 38.3 Å². The Morgan fingerprint density at radius 2 is 2.24 bits per heavy atom. The van der Waals surface area contributed by atoms with E-state index >= 15 is 0 Å². The molecule has 8 heteroatoms. The molecule has 2 aliphatic rings. The van der Waals surface area contributed by atoms with Crippen molar-refractivity contribution >= 4 is 23.6 Å². The lowest BCUT2D eigenvalue weighted by molar-refractivity contribution is -0.142.